The summed E-state index contributed by atoms with van der Waals surface area (Å²) < 4.78 is 1.79. The number of hydrogen-bond acceptors (Lipinski definition) is 3. The summed E-state index contributed by atoms with van der Waals surface area (Å²) in [6.45, 7) is 1.91. The zero-order valence-electron chi connectivity index (χ0n) is 13.4. The van der Waals surface area contributed by atoms with Crippen molar-refractivity contribution in [2.75, 3.05) is 0 Å². The molecule has 0 spiro atoms. The molecule has 5 nitrogen and oxygen atoms in total. The van der Waals surface area contributed by atoms with E-state index in [-0.39, 0.29) is 5.91 Å². The van der Waals surface area contributed by atoms with Crippen molar-refractivity contribution in [3.63, 3.8) is 0 Å². The molecule has 0 unspecified atom stereocenters. The van der Waals surface area contributed by atoms with Crippen molar-refractivity contribution in [2.24, 2.45) is 5.10 Å². The van der Waals surface area contributed by atoms with Crippen molar-refractivity contribution in [3.05, 3.63) is 83.7 Å². The van der Waals surface area contributed by atoms with Gasteiger partial charge in [0.2, 0.25) is 5.91 Å². The number of rotatable bonds is 5. The van der Waals surface area contributed by atoms with Crippen LogP contribution in [0.3, 0.4) is 0 Å². The van der Waals surface area contributed by atoms with Crippen LogP contribution < -0.4 is 5.43 Å². The fourth-order valence-corrected chi connectivity index (χ4v) is 2.31. The van der Waals surface area contributed by atoms with Crippen LogP contribution >= 0.6 is 0 Å². The summed E-state index contributed by atoms with van der Waals surface area (Å²) in [7, 11) is 0. The maximum absolute atomic E-state index is 11.9. The molecule has 0 fully saturated rings. The molecule has 1 amide bonds. The molecule has 1 aromatic heterocycles. The van der Waals surface area contributed by atoms with Crippen LogP contribution in [0.4, 0.5) is 0 Å². The maximum atomic E-state index is 11.9. The topological polar surface area (TPSA) is 59.3 Å². The summed E-state index contributed by atoms with van der Waals surface area (Å²) in [5, 5.41) is 8.49. The van der Waals surface area contributed by atoms with E-state index in [2.05, 4.69) is 15.6 Å². The molecule has 1 N–H and O–H groups in total. The molecule has 0 aliphatic heterocycles. The van der Waals surface area contributed by atoms with Crippen LogP contribution in [0.2, 0.25) is 0 Å². The Kier molecular flexibility index (Phi) is 4.81. The minimum absolute atomic E-state index is 0.148. The van der Waals surface area contributed by atoms with Crippen LogP contribution in [0.1, 0.15) is 16.8 Å². The van der Waals surface area contributed by atoms with E-state index in [1.54, 1.807) is 10.9 Å². The molecule has 0 aliphatic rings. The lowest BCUT2D eigenvalue weighted by Crippen LogP contribution is -2.19. The van der Waals surface area contributed by atoms with Gasteiger partial charge in [-0.2, -0.15) is 10.2 Å². The zero-order chi connectivity index (χ0) is 16.8. The highest BCUT2D eigenvalue weighted by atomic mass is 16.2. The van der Waals surface area contributed by atoms with Crippen molar-refractivity contribution in [2.45, 2.75) is 13.3 Å². The number of nitrogens with zero attached hydrogens (tertiary/aromatic N) is 3. The van der Waals surface area contributed by atoms with Crippen molar-refractivity contribution in [1.29, 1.82) is 0 Å². The molecule has 0 saturated heterocycles. The molecule has 1 heterocycles. The van der Waals surface area contributed by atoms with Gasteiger partial charge in [0, 0.05) is 11.8 Å². The Balaban J connectivity index is 1.63. The molecule has 0 atom stereocenters. The molecule has 24 heavy (non-hydrogen) atoms. The molecular weight excluding hydrogens is 300 g/mol. The molecule has 3 rings (SSSR count). The molecule has 5 heteroatoms. The Morgan fingerprint density at radius 3 is 2.50 bits per heavy atom. The Bertz CT molecular complexity index is 838. The molecule has 3 aromatic rings. The molecule has 2 aromatic carbocycles. The highest BCUT2D eigenvalue weighted by Crippen LogP contribution is 2.10. The second kappa shape index (κ2) is 7.37. The van der Waals surface area contributed by atoms with Crippen molar-refractivity contribution in [1.82, 2.24) is 15.2 Å². The van der Waals surface area contributed by atoms with Gasteiger partial charge in [-0.25, -0.2) is 10.1 Å². The lowest BCUT2D eigenvalue weighted by Gasteiger charge is -1.99. The molecule has 0 aliphatic carbocycles. The van der Waals surface area contributed by atoms with Gasteiger partial charge in [0.15, 0.2) is 0 Å². The van der Waals surface area contributed by atoms with Gasteiger partial charge in [-0.15, -0.1) is 0 Å². The standard InChI is InChI=1S/C19H18N4O/c1-15-17(14-23(22-15)18-10-6-3-7-11-18)13-20-21-19(24)12-16-8-4-2-5-9-16/h2-11,13-14H,12H2,1H3,(H,21,24). The van der Waals surface area contributed by atoms with Crippen LogP contribution in [0.15, 0.2) is 72.0 Å². The van der Waals surface area contributed by atoms with Gasteiger partial charge in [-0.1, -0.05) is 48.5 Å². The lowest BCUT2D eigenvalue weighted by atomic mass is 10.1. The summed E-state index contributed by atoms with van der Waals surface area (Å²) in [6, 6.07) is 19.4. The van der Waals surface area contributed by atoms with E-state index in [1.165, 1.54) is 0 Å². The minimum atomic E-state index is -0.148. The van der Waals surface area contributed by atoms with Gasteiger partial charge in [0.25, 0.3) is 0 Å². The summed E-state index contributed by atoms with van der Waals surface area (Å²) in [6.07, 6.45) is 3.81. The average Bonchev–Trinajstić information content (AvgIpc) is 2.98. The number of amides is 1. The van der Waals surface area contributed by atoms with Crippen LogP contribution in [-0.2, 0) is 11.2 Å². The summed E-state index contributed by atoms with van der Waals surface area (Å²) in [5.41, 5.74) is 6.19. The van der Waals surface area contributed by atoms with E-state index in [4.69, 9.17) is 0 Å². The predicted molar refractivity (Wildman–Crippen MR) is 94.2 cm³/mol. The van der Waals surface area contributed by atoms with Gasteiger partial charge >= 0.3 is 0 Å². The van der Waals surface area contributed by atoms with Crippen LogP contribution in [0.25, 0.3) is 5.69 Å². The van der Waals surface area contributed by atoms with Crippen molar-refractivity contribution in [3.8, 4) is 5.69 Å². The van der Waals surface area contributed by atoms with Crippen LogP contribution in [0, 0.1) is 6.92 Å². The number of hydrogen-bond donors (Lipinski definition) is 1. The second-order valence-electron chi connectivity index (χ2n) is 5.41. The average molecular weight is 318 g/mol. The first-order chi connectivity index (χ1) is 11.7. The number of aromatic nitrogens is 2. The minimum Gasteiger partial charge on any atom is -0.273 e. The zero-order valence-corrected chi connectivity index (χ0v) is 13.4. The normalized spacial score (nSPS) is 10.9. The number of hydrazone groups is 1. The van der Waals surface area contributed by atoms with E-state index in [1.807, 2.05) is 73.8 Å². The Morgan fingerprint density at radius 2 is 1.79 bits per heavy atom. The summed E-state index contributed by atoms with van der Waals surface area (Å²) in [4.78, 5) is 11.9. The number of carbonyl (C=O) groups excluding carboxylic acids is 1. The Labute approximate surface area is 140 Å². The maximum Gasteiger partial charge on any atom is 0.244 e. The summed E-state index contributed by atoms with van der Waals surface area (Å²) >= 11 is 0. The molecule has 120 valence electrons. The third-order valence-corrected chi connectivity index (χ3v) is 3.56. The number of para-hydroxylation sites is 1. The van der Waals surface area contributed by atoms with Crippen molar-refractivity contribution < 1.29 is 4.79 Å². The van der Waals surface area contributed by atoms with E-state index in [0.717, 1.165) is 22.5 Å². The monoisotopic (exact) mass is 318 g/mol. The fraction of sp³-hybridized carbons (Fsp3) is 0.105. The Morgan fingerprint density at radius 1 is 1.12 bits per heavy atom. The molecule has 0 bridgehead atoms. The molecular formula is C19H18N4O. The number of benzene rings is 2. The number of aryl methyl sites for hydroxylation is 1. The molecule has 0 radical (unpaired) electrons. The fourth-order valence-electron chi connectivity index (χ4n) is 2.31. The largest absolute Gasteiger partial charge is 0.273 e. The van der Waals surface area contributed by atoms with E-state index in [0.29, 0.717) is 6.42 Å². The highest BCUT2D eigenvalue weighted by Gasteiger charge is 2.05. The van der Waals surface area contributed by atoms with E-state index in [9.17, 15) is 4.79 Å². The van der Waals surface area contributed by atoms with Crippen LogP contribution in [-0.4, -0.2) is 21.9 Å². The quantitative estimate of drug-likeness (QED) is 0.581. The predicted octanol–water partition coefficient (Wildman–Crippen LogP) is 2.87. The third kappa shape index (κ3) is 3.95. The highest BCUT2D eigenvalue weighted by molar-refractivity contribution is 5.84. The first kappa shape index (κ1) is 15.7. The van der Waals surface area contributed by atoms with Gasteiger partial charge in [0.05, 0.1) is 24.0 Å². The molecule has 0 saturated carbocycles. The van der Waals surface area contributed by atoms with Crippen LogP contribution in [0.5, 0.6) is 0 Å². The van der Waals surface area contributed by atoms with Gasteiger partial charge in [-0.05, 0) is 24.6 Å². The lowest BCUT2D eigenvalue weighted by molar-refractivity contribution is -0.120. The second-order valence-corrected chi connectivity index (χ2v) is 5.41. The van der Waals surface area contributed by atoms with Crippen molar-refractivity contribution >= 4 is 12.1 Å². The van der Waals surface area contributed by atoms with E-state index < -0.39 is 0 Å². The SMILES string of the molecule is Cc1nn(-c2ccccc2)cc1C=NNC(=O)Cc1ccccc1. The number of nitrogens with one attached hydrogen (secondary N) is 1. The first-order valence-electron chi connectivity index (χ1n) is 7.70. The van der Waals surface area contributed by atoms with E-state index >= 15 is 0 Å². The summed E-state index contributed by atoms with van der Waals surface area (Å²) in [5.74, 6) is -0.148. The van der Waals surface area contributed by atoms with Gasteiger partial charge in [0.1, 0.15) is 0 Å². The Hall–Kier alpha value is -3.21. The number of carbonyl (C=O) groups is 1. The van der Waals surface area contributed by atoms with Gasteiger partial charge < -0.3 is 0 Å². The smallest absolute Gasteiger partial charge is 0.244 e. The first-order valence-corrected chi connectivity index (χ1v) is 7.70. The van der Waals surface area contributed by atoms with Gasteiger partial charge in [-0.3, -0.25) is 4.79 Å². The third-order valence-electron chi connectivity index (χ3n) is 3.56.